The van der Waals surface area contributed by atoms with Crippen molar-refractivity contribution in [2.75, 3.05) is 0 Å². The number of hydrogen-bond acceptors (Lipinski definition) is 1. The van der Waals surface area contributed by atoms with E-state index < -0.39 is 6.10 Å². The summed E-state index contributed by atoms with van der Waals surface area (Å²) in [5.74, 6) is 0. The van der Waals surface area contributed by atoms with Crippen molar-refractivity contribution in [2.24, 2.45) is 0 Å². The van der Waals surface area contributed by atoms with E-state index in [0.29, 0.717) is 0 Å². The van der Waals surface area contributed by atoms with Crippen molar-refractivity contribution in [3.05, 3.63) is 71.4 Å². The molecule has 2 N–H and O–H groups in total. The van der Waals surface area contributed by atoms with Gasteiger partial charge >= 0.3 is 0 Å². The number of aliphatic hydroxyl groups is 1. The SMILES string of the molecule is CC(C)(C)c1ccc(C(O)c2ccc3[nH]ccc3c2)cc1. The maximum atomic E-state index is 10.6. The predicted octanol–water partition coefficient (Wildman–Crippen LogP) is 4.55. The zero-order valence-electron chi connectivity index (χ0n) is 12.7. The summed E-state index contributed by atoms with van der Waals surface area (Å²) in [5, 5.41) is 11.7. The molecule has 0 spiro atoms. The highest BCUT2D eigenvalue weighted by Crippen LogP contribution is 2.28. The summed E-state index contributed by atoms with van der Waals surface area (Å²) in [7, 11) is 0. The first kappa shape index (κ1) is 13.9. The molecule has 1 atom stereocenters. The summed E-state index contributed by atoms with van der Waals surface area (Å²) in [4.78, 5) is 3.17. The quantitative estimate of drug-likeness (QED) is 0.709. The van der Waals surface area contributed by atoms with Gasteiger partial charge in [-0.15, -0.1) is 0 Å². The molecule has 2 heteroatoms. The van der Waals surface area contributed by atoms with E-state index in [-0.39, 0.29) is 5.41 Å². The Balaban J connectivity index is 1.92. The van der Waals surface area contributed by atoms with Crippen molar-refractivity contribution in [1.82, 2.24) is 4.98 Å². The van der Waals surface area contributed by atoms with Crippen molar-refractivity contribution < 1.29 is 5.11 Å². The molecule has 108 valence electrons. The molecule has 0 aliphatic rings. The number of nitrogens with one attached hydrogen (secondary N) is 1. The Morgan fingerprint density at radius 1 is 0.905 bits per heavy atom. The molecule has 21 heavy (non-hydrogen) atoms. The second-order valence-corrected chi connectivity index (χ2v) is 6.60. The highest BCUT2D eigenvalue weighted by molar-refractivity contribution is 5.80. The number of aromatic nitrogens is 1. The molecule has 0 amide bonds. The first-order chi connectivity index (χ1) is 9.95. The van der Waals surface area contributed by atoms with Crippen LogP contribution in [0.4, 0.5) is 0 Å². The molecule has 2 nitrogen and oxygen atoms in total. The topological polar surface area (TPSA) is 36.0 Å². The van der Waals surface area contributed by atoms with Crippen molar-refractivity contribution in [1.29, 1.82) is 0 Å². The summed E-state index contributed by atoms with van der Waals surface area (Å²) in [6.45, 7) is 6.58. The van der Waals surface area contributed by atoms with E-state index in [1.807, 2.05) is 42.6 Å². The molecule has 3 rings (SSSR count). The highest BCUT2D eigenvalue weighted by atomic mass is 16.3. The molecule has 1 unspecified atom stereocenters. The molecule has 0 saturated carbocycles. The second kappa shape index (κ2) is 5.05. The van der Waals surface area contributed by atoms with Gasteiger partial charge in [0, 0.05) is 11.7 Å². The summed E-state index contributed by atoms with van der Waals surface area (Å²) in [6.07, 6.45) is 1.33. The second-order valence-electron chi connectivity index (χ2n) is 6.60. The summed E-state index contributed by atoms with van der Waals surface area (Å²) < 4.78 is 0. The summed E-state index contributed by atoms with van der Waals surface area (Å²) in [6, 6.07) is 16.3. The minimum absolute atomic E-state index is 0.132. The smallest absolute Gasteiger partial charge is 0.104 e. The number of rotatable bonds is 2. The minimum atomic E-state index is -0.585. The first-order valence-electron chi connectivity index (χ1n) is 7.31. The average Bonchev–Trinajstić information content (AvgIpc) is 2.93. The van der Waals surface area contributed by atoms with E-state index in [0.717, 1.165) is 22.0 Å². The molecule has 2 aromatic carbocycles. The third-order valence-corrected chi connectivity index (χ3v) is 3.99. The van der Waals surface area contributed by atoms with Gasteiger partial charge in [-0.3, -0.25) is 0 Å². The molecular weight excluding hydrogens is 258 g/mol. The fourth-order valence-corrected chi connectivity index (χ4v) is 2.60. The third-order valence-electron chi connectivity index (χ3n) is 3.99. The number of fused-ring (bicyclic) bond motifs is 1. The van der Waals surface area contributed by atoms with E-state index in [9.17, 15) is 5.11 Å². The van der Waals surface area contributed by atoms with E-state index in [2.05, 4.69) is 37.9 Å². The lowest BCUT2D eigenvalue weighted by molar-refractivity contribution is 0.220. The van der Waals surface area contributed by atoms with Crippen molar-refractivity contribution in [3.8, 4) is 0 Å². The van der Waals surface area contributed by atoms with Crippen LogP contribution in [0.5, 0.6) is 0 Å². The number of aliphatic hydroxyl groups excluding tert-OH is 1. The van der Waals surface area contributed by atoms with Crippen LogP contribution < -0.4 is 0 Å². The van der Waals surface area contributed by atoms with Gasteiger partial charge in [-0.25, -0.2) is 0 Å². The Labute approximate surface area is 125 Å². The molecule has 3 aromatic rings. The molecular formula is C19H21NO. The summed E-state index contributed by atoms with van der Waals surface area (Å²) in [5.41, 5.74) is 4.35. The first-order valence-corrected chi connectivity index (χ1v) is 7.31. The Bertz CT molecular complexity index is 747. The molecule has 1 aromatic heterocycles. The van der Waals surface area contributed by atoms with E-state index in [1.165, 1.54) is 5.56 Å². The van der Waals surface area contributed by atoms with Crippen LogP contribution >= 0.6 is 0 Å². The van der Waals surface area contributed by atoms with Crippen LogP contribution in [0, 0.1) is 0 Å². The Morgan fingerprint density at radius 2 is 1.57 bits per heavy atom. The number of hydrogen-bond donors (Lipinski definition) is 2. The van der Waals surface area contributed by atoms with Gasteiger partial charge in [0.2, 0.25) is 0 Å². The lowest BCUT2D eigenvalue weighted by atomic mass is 9.86. The third kappa shape index (κ3) is 2.72. The van der Waals surface area contributed by atoms with Crippen LogP contribution in [-0.2, 0) is 5.41 Å². The zero-order valence-corrected chi connectivity index (χ0v) is 12.7. The van der Waals surface area contributed by atoms with Crippen LogP contribution in [0.1, 0.15) is 43.6 Å². The normalized spacial score (nSPS) is 13.5. The van der Waals surface area contributed by atoms with Gasteiger partial charge in [0.15, 0.2) is 0 Å². The summed E-state index contributed by atoms with van der Waals surface area (Å²) >= 11 is 0. The van der Waals surface area contributed by atoms with Crippen molar-refractivity contribution in [3.63, 3.8) is 0 Å². The van der Waals surface area contributed by atoms with Crippen LogP contribution in [0.15, 0.2) is 54.7 Å². The van der Waals surface area contributed by atoms with Gasteiger partial charge in [0.05, 0.1) is 0 Å². The lowest BCUT2D eigenvalue weighted by Gasteiger charge is -2.20. The largest absolute Gasteiger partial charge is 0.384 e. The van der Waals surface area contributed by atoms with Crippen LogP contribution in [0.25, 0.3) is 10.9 Å². The van der Waals surface area contributed by atoms with Gasteiger partial charge in [-0.2, -0.15) is 0 Å². The predicted molar refractivity (Wildman–Crippen MR) is 87.5 cm³/mol. The Hall–Kier alpha value is -2.06. The van der Waals surface area contributed by atoms with E-state index in [1.54, 1.807) is 0 Å². The molecule has 0 radical (unpaired) electrons. The van der Waals surface area contributed by atoms with Crippen LogP contribution in [0.3, 0.4) is 0 Å². The molecule has 0 saturated heterocycles. The van der Waals surface area contributed by atoms with Gasteiger partial charge < -0.3 is 10.1 Å². The number of aromatic amines is 1. The van der Waals surface area contributed by atoms with Gasteiger partial charge in [0.1, 0.15) is 6.10 Å². The van der Waals surface area contributed by atoms with Gasteiger partial charge in [-0.05, 0) is 45.7 Å². The number of benzene rings is 2. The molecule has 0 aliphatic heterocycles. The molecule has 0 fully saturated rings. The standard InChI is InChI=1S/C19H21NO/c1-19(2,3)16-7-4-13(5-8-16)18(21)15-6-9-17-14(12-15)10-11-20-17/h4-12,18,20-21H,1-3H3. The fourth-order valence-electron chi connectivity index (χ4n) is 2.60. The Kier molecular flexibility index (Phi) is 3.34. The maximum absolute atomic E-state index is 10.6. The highest BCUT2D eigenvalue weighted by Gasteiger charge is 2.15. The Morgan fingerprint density at radius 3 is 2.24 bits per heavy atom. The molecule has 0 bridgehead atoms. The zero-order chi connectivity index (χ0) is 15.0. The van der Waals surface area contributed by atoms with E-state index in [4.69, 9.17) is 0 Å². The molecule has 1 heterocycles. The van der Waals surface area contributed by atoms with Crippen molar-refractivity contribution >= 4 is 10.9 Å². The minimum Gasteiger partial charge on any atom is -0.384 e. The van der Waals surface area contributed by atoms with Gasteiger partial charge in [0.25, 0.3) is 0 Å². The van der Waals surface area contributed by atoms with Gasteiger partial charge in [-0.1, -0.05) is 51.1 Å². The van der Waals surface area contributed by atoms with Crippen molar-refractivity contribution in [2.45, 2.75) is 32.3 Å². The van der Waals surface area contributed by atoms with Crippen LogP contribution in [-0.4, -0.2) is 10.1 Å². The monoisotopic (exact) mass is 279 g/mol. The van der Waals surface area contributed by atoms with Crippen LogP contribution in [0.2, 0.25) is 0 Å². The molecule has 0 aliphatic carbocycles. The fraction of sp³-hybridized carbons (Fsp3) is 0.263. The lowest BCUT2D eigenvalue weighted by Crippen LogP contribution is -2.11. The van der Waals surface area contributed by atoms with E-state index >= 15 is 0 Å². The maximum Gasteiger partial charge on any atom is 0.104 e. The average molecular weight is 279 g/mol. The number of H-pyrrole nitrogens is 1.